The second kappa shape index (κ2) is 5.02. The standard InChI is InChI=1S/C13H19N3S/c1-4-11(14)12-7-15-8-16(12)10(3)13-6-5-9(2)17-13/h5-8,10-11H,4,14H2,1-3H3/t10?,11-/m1/s1. The van der Waals surface area contributed by atoms with Gasteiger partial charge in [0.25, 0.3) is 0 Å². The minimum Gasteiger partial charge on any atom is -0.325 e. The first-order valence-electron chi connectivity index (χ1n) is 5.97. The molecule has 0 bridgehead atoms. The molecule has 92 valence electrons. The largest absolute Gasteiger partial charge is 0.325 e. The summed E-state index contributed by atoms with van der Waals surface area (Å²) in [4.78, 5) is 6.93. The summed E-state index contributed by atoms with van der Waals surface area (Å²) >= 11 is 1.83. The van der Waals surface area contributed by atoms with E-state index in [1.165, 1.54) is 9.75 Å². The number of nitrogens with two attached hydrogens (primary N) is 1. The molecule has 0 saturated carbocycles. The van der Waals surface area contributed by atoms with E-state index in [1.54, 1.807) is 0 Å². The third-order valence-electron chi connectivity index (χ3n) is 3.11. The van der Waals surface area contributed by atoms with E-state index in [1.807, 2.05) is 23.9 Å². The Bertz CT molecular complexity index is 486. The molecule has 0 fully saturated rings. The summed E-state index contributed by atoms with van der Waals surface area (Å²) in [6, 6.07) is 4.73. The maximum atomic E-state index is 6.10. The number of hydrogen-bond donors (Lipinski definition) is 1. The lowest BCUT2D eigenvalue weighted by molar-refractivity contribution is 0.563. The molecule has 2 N–H and O–H groups in total. The molecular weight excluding hydrogens is 230 g/mol. The van der Waals surface area contributed by atoms with Crippen LogP contribution in [0.2, 0.25) is 0 Å². The summed E-state index contributed by atoms with van der Waals surface area (Å²) in [5, 5.41) is 0. The highest BCUT2D eigenvalue weighted by molar-refractivity contribution is 7.12. The van der Waals surface area contributed by atoms with Gasteiger partial charge in [-0.05, 0) is 32.4 Å². The van der Waals surface area contributed by atoms with Crippen LogP contribution in [0.1, 0.15) is 47.8 Å². The monoisotopic (exact) mass is 249 g/mol. The Kier molecular flexibility index (Phi) is 3.64. The third kappa shape index (κ3) is 2.42. The van der Waals surface area contributed by atoms with Crippen molar-refractivity contribution in [2.45, 2.75) is 39.3 Å². The van der Waals surface area contributed by atoms with Crippen molar-refractivity contribution in [3.63, 3.8) is 0 Å². The van der Waals surface area contributed by atoms with Gasteiger partial charge in [0.1, 0.15) is 0 Å². The van der Waals surface area contributed by atoms with Crippen molar-refractivity contribution in [3.8, 4) is 0 Å². The lowest BCUT2D eigenvalue weighted by Crippen LogP contribution is -2.16. The van der Waals surface area contributed by atoms with E-state index in [9.17, 15) is 0 Å². The zero-order valence-electron chi connectivity index (χ0n) is 10.6. The van der Waals surface area contributed by atoms with E-state index in [0.29, 0.717) is 6.04 Å². The van der Waals surface area contributed by atoms with Gasteiger partial charge >= 0.3 is 0 Å². The maximum absolute atomic E-state index is 6.10. The minimum atomic E-state index is 0.0704. The average molecular weight is 249 g/mol. The van der Waals surface area contributed by atoms with Crippen LogP contribution < -0.4 is 5.73 Å². The fraction of sp³-hybridized carbons (Fsp3) is 0.462. The molecule has 3 nitrogen and oxygen atoms in total. The minimum absolute atomic E-state index is 0.0704. The number of aryl methyl sites for hydroxylation is 1. The van der Waals surface area contributed by atoms with Crippen LogP contribution >= 0.6 is 11.3 Å². The van der Waals surface area contributed by atoms with Crippen LogP contribution in [0.3, 0.4) is 0 Å². The molecule has 4 heteroatoms. The smallest absolute Gasteiger partial charge is 0.0954 e. The fourth-order valence-electron chi connectivity index (χ4n) is 1.95. The molecule has 17 heavy (non-hydrogen) atoms. The molecule has 2 aromatic heterocycles. The van der Waals surface area contributed by atoms with E-state index in [0.717, 1.165) is 12.1 Å². The molecule has 0 amide bonds. The molecular formula is C13H19N3S. The van der Waals surface area contributed by atoms with Crippen LogP contribution in [0, 0.1) is 6.92 Å². The van der Waals surface area contributed by atoms with Crippen molar-refractivity contribution < 1.29 is 0 Å². The van der Waals surface area contributed by atoms with Gasteiger partial charge < -0.3 is 10.3 Å². The second-order valence-corrected chi connectivity index (χ2v) is 5.68. The van der Waals surface area contributed by atoms with E-state index in [2.05, 4.69) is 42.5 Å². The maximum Gasteiger partial charge on any atom is 0.0954 e. The summed E-state index contributed by atoms with van der Waals surface area (Å²) in [7, 11) is 0. The summed E-state index contributed by atoms with van der Waals surface area (Å²) < 4.78 is 2.18. The van der Waals surface area contributed by atoms with Gasteiger partial charge in [-0.2, -0.15) is 0 Å². The molecule has 0 aliphatic carbocycles. The Labute approximate surface area is 106 Å². The quantitative estimate of drug-likeness (QED) is 0.903. The molecule has 0 aromatic carbocycles. The molecule has 0 aliphatic rings. The molecule has 0 radical (unpaired) electrons. The number of nitrogens with zero attached hydrogens (tertiary/aromatic N) is 2. The van der Waals surface area contributed by atoms with Crippen LogP contribution in [-0.4, -0.2) is 9.55 Å². The summed E-state index contributed by atoms with van der Waals surface area (Å²) in [5.41, 5.74) is 7.22. The van der Waals surface area contributed by atoms with Gasteiger partial charge in [0.2, 0.25) is 0 Å². The lowest BCUT2D eigenvalue weighted by Gasteiger charge is -2.18. The lowest BCUT2D eigenvalue weighted by atomic mass is 10.1. The normalized spacial score (nSPS) is 14.8. The molecule has 1 unspecified atom stereocenters. The molecule has 2 atom stereocenters. The first kappa shape index (κ1) is 12.3. The second-order valence-electron chi connectivity index (χ2n) is 4.36. The molecule has 0 spiro atoms. The van der Waals surface area contributed by atoms with Crippen LogP contribution in [0.4, 0.5) is 0 Å². The molecule has 0 aliphatic heterocycles. The zero-order valence-corrected chi connectivity index (χ0v) is 11.4. The number of rotatable bonds is 4. The van der Waals surface area contributed by atoms with Crippen molar-refractivity contribution in [2.75, 3.05) is 0 Å². The number of imidazole rings is 1. The summed E-state index contributed by atoms with van der Waals surface area (Å²) in [6.07, 6.45) is 4.69. The van der Waals surface area contributed by atoms with E-state index in [-0.39, 0.29) is 6.04 Å². The van der Waals surface area contributed by atoms with Gasteiger partial charge in [-0.3, -0.25) is 0 Å². The number of hydrogen-bond acceptors (Lipinski definition) is 3. The predicted octanol–water partition coefficient (Wildman–Crippen LogP) is 3.27. The highest BCUT2D eigenvalue weighted by Gasteiger charge is 2.16. The van der Waals surface area contributed by atoms with Gasteiger partial charge in [-0.15, -0.1) is 11.3 Å². The highest BCUT2D eigenvalue weighted by atomic mass is 32.1. The SMILES string of the molecule is CC[C@@H](N)c1cncn1C(C)c1ccc(C)s1. The van der Waals surface area contributed by atoms with Crippen molar-refractivity contribution in [1.29, 1.82) is 0 Å². The Morgan fingerprint density at radius 2 is 2.24 bits per heavy atom. The van der Waals surface area contributed by atoms with Crippen LogP contribution in [0.25, 0.3) is 0 Å². The van der Waals surface area contributed by atoms with Crippen LogP contribution in [0.5, 0.6) is 0 Å². The Balaban J connectivity index is 2.31. The topological polar surface area (TPSA) is 43.8 Å². The highest BCUT2D eigenvalue weighted by Crippen LogP contribution is 2.28. The van der Waals surface area contributed by atoms with Crippen molar-refractivity contribution in [2.24, 2.45) is 5.73 Å². The first-order chi connectivity index (χ1) is 8.13. The van der Waals surface area contributed by atoms with Gasteiger partial charge in [0.05, 0.1) is 18.1 Å². The predicted molar refractivity (Wildman–Crippen MR) is 72.3 cm³/mol. The van der Waals surface area contributed by atoms with E-state index < -0.39 is 0 Å². The van der Waals surface area contributed by atoms with Crippen LogP contribution in [-0.2, 0) is 0 Å². The first-order valence-corrected chi connectivity index (χ1v) is 6.78. The number of thiophene rings is 1. The van der Waals surface area contributed by atoms with Crippen molar-refractivity contribution in [3.05, 3.63) is 40.1 Å². The van der Waals surface area contributed by atoms with Gasteiger partial charge in [0, 0.05) is 22.0 Å². The zero-order chi connectivity index (χ0) is 12.4. The number of aromatic nitrogens is 2. The van der Waals surface area contributed by atoms with Crippen molar-refractivity contribution in [1.82, 2.24) is 9.55 Å². The Hall–Kier alpha value is -1.13. The molecule has 2 heterocycles. The third-order valence-corrected chi connectivity index (χ3v) is 4.28. The molecule has 2 aromatic rings. The Morgan fingerprint density at radius 1 is 1.47 bits per heavy atom. The summed E-state index contributed by atoms with van der Waals surface area (Å²) in [5.74, 6) is 0. The average Bonchev–Trinajstić information content (AvgIpc) is 2.95. The molecule has 0 saturated heterocycles. The summed E-state index contributed by atoms with van der Waals surface area (Å²) in [6.45, 7) is 6.42. The van der Waals surface area contributed by atoms with Crippen LogP contribution in [0.15, 0.2) is 24.7 Å². The fourth-order valence-corrected chi connectivity index (χ4v) is 2.88. The van der Waals surface area contributed by atoms with Crippen molar-refractivity contribution >= 4 is 11.3 Å². The van der Waals surface area contributed by atoms with Gasteiger partial charge in [0.15, 0.2) is 0 Å². The van der Waals surface area contributed by atoms with E-state index >= 15 is 0 Å². The molecule has 2 rings (SSSR count). The Morgan fingerprint density at radius 3 is 2.82 bits per heavy atom. The van der Waals surface area contributed by atoms with Gasteiger partial charge in [-0.1, -0.05) is 6.92 Å². The van der Waals surface area contributed by atoms with E-state index in [4.69, 9.17) is 5.73 Å². The van der Waals surface area contributed by atoms with Gasteiger partial charge in [-0.25, -0.2) is 4.98 Å².